The van der Waals surface area contributed by atoms with Crippen molar-refractivity contribution in [3.05, 3.63) is 51.8 Å². The normalized spacial score (nSPS) is 24.6. The number of hydrogen-bond acceptors (Lipinski definition) is 5. The molecule has 34 heavy (non-hydrogen) atoms. The molecule has 2 aromatic rings. The van der Waals surface area contributed by atoms with Gasteiger partial charge in [-0.1, -0.05) is 25.2 Å². The van der Waals surface area contributed by atoms with Crippen molar-refractivity contribution in [3.63, 3.8) is 0 Å². The standard InChI is InChI=1S/C21H20F5N3O4S/c1-8-14(10-4-5-11(22)15(23)16(10)32-3)17(33-20(8,2)21(24,25)26)19(31)28-9-6-12(18(27)30)29-13(34)7-9/h4-8,14,17H,1-3H3,(H2,27,30)(H2,28,29,31,34)/t8-,14-,17+,20+/m0/s1. The number of primary amides is 1. The number of carbonyl (C=O) groups is 2. The van der Waals surface area contributed by atoms with Crippen molar-refractivity contribution < 1.29 is 41.0 Å². The Hall–Kier alpha value is -3.06. The van der Waals surface area contributed by atoms with Gasteiger partial charge in [-0.25, -0.2) is 4.39 Å². The SMILES string of the molecule is COc1c([C@H]2[C@H](C(=O)Nc3cc(C(N)=O)[nH]c(=S)c3)O[C@@](C)(C(F)(F)F)[C@H]2C)ccc(F)c1F. The summed E-state index contributed by atoms with van der Waals surface area (Å²) in [6.45, 7) is 1.96. The van der Waals surface area contributed by atoms with Crippen LogP contribution in [-0.4, -0.2) is 41.8 Å². The third-order valence-electron chi connectivity index (χ3n) is 5.95. The number of H-pyrrole nitrogens is 1. The van der Waals surface area contributed by atoms with Crippen molar-refractivity contribution in [1.29, 1.82) is 0 Å². The van der Waals surface area contributed by atoms with Crippen LogP contribution < -0.4 is 15.8 Å². The van der Waals surface area contributed by atoms with Crippen molar-refractivity contribution in [1.82, 2.24) is 4.98 Å². The van der Waals surface area contributed by atoms with E-state index in [1.807, 2.05) is 0 Å². The highest BCUT2D eigenvalue weighted by Gasteiger charge is 2.65. The number of nitrogens with two attached hydrogens (primary N) is 1. The number of methoxy groups -OCH3 is 1. The number of aromatic amines is 1. The number of carbonyl (C=O) groups excluding carboxylic acids is 2. The van der Waals surface area contributed by atoms with Gasteiger partial charge in [0.2, 0.25) is 5.82 Å². The molecule has 1 aromatic carbocycles. The highest BCUT2D eigenvalue weighted by molar-refractivity contribution is 7.71. The predicted octanol–water partition coefficient (Wildman–Crippen LogP) is 4.21. The zero-order valence-electron chi connectivity index (χ0n) is 18.0. The van der Waals surface area contributed by atoms with E-state index in [0.29, 0.717) is 0 Å². The number of aromatic nitrogens is 1. The molecule has 0 saturated carbocycles. The molecule has 7 nitrogen and oxygen atoms in total. The van der Waals surface area contributed by atoms with Crippen LogP contribution in [-0.2, 0) is 9.53 Å². The van der Waals surface area contributed by atoms with Crippen molar-refractivity contribution in [2.24, 2.45) is 11.7 Å². The molecule has 0 aliphatic carbocycles. The molecule has 4 N–H and O–H groups in total. The second-order valence-corrected chi connectivity index (χ2v) is 8.38. The van der Waals surface area contributed by atoms with E-state index in [0.717, 1.165) is 32.2 Å². The van der Waals surface area contributed by atoms with Gasteiger partial charge in [0.15, 0.2) is 17.2 Å². The van der Waals surface area contributed by atoms with E-state index in [9.17, 15) is 31.5 Å². The zero-order chi connectivity index (χ0) is 25.6. The molecule has 1 aliphatic rings. The van der Waals surface area contributed by atoms with Gasteiger partial charge in [0, 0.05) is 23.1 Å². The fourth-order valence-electron chi connectivity index (χ4n) is 4.00. The molecule has 0 spiro atoms. The first-order chi connectivity index (χ1) is 15.7. The van der Waals surface area contributed by atoms with Gasteiger partial charge in [-0.15, -0.1) is 0 Å². The Labute approximate surface area is 195 Å². The average molecular weight is 505 g/mol. The third-order valence-corrected chi connectivity index (χ3v) is 6.17. The number of hydrogen-bond donors (Lipinski definition) is 3. The Morgan fingerprint density at radius 3 is 2.47 bits per heavy atom. The van der Waals surface area contributed by atoms with E-state index in [1.165, 1.54) is 13.0 Å². The second-order valence-electron chi connectivity index (χ2n) is 7.94. The predicted molar refractivity (Wildman–Crippen MR) is 113 cm³/mol. The summed E-state index contributed by atoms with van der Waals surface area (Å²) in [6, 6.07) is 4.17. The monoisotopic (exact) mass is 505 g/mol. The first kappa shape index (κ1) is 25.6. The van der Waals surface area contributed by atoms with Gasteiger partial charge in [0.05, 0.1) is 7.11 Å². The number of nitrogens with one attached hydrogen (secondary N) is 2. The first-order valence-corrected chi connectivity index (χ1v) is 10.2. The number of pyridine rings is 1. The molecule has 13 heteroatoms. The molecule has 184 valence electrons. The Morgan fingerprint density at radius 2 is 1.91 bits per heavy atom. The summed E-state index contributed by atoms with van der Waals surface area (Å²) in [5.74, 6) is -8.04. The molecule has 4 atom stereocenters. The Kier molecular flexibility index (Phi) is 6.73. The number of alkyl halides is 3. The fraction of sp³-hybridized carbons (Fsp3) is 0.381. The van der Waals surface area contributed by atoms with Crippen LogP contribution in [0.2, 0.25) is 0 Å². The van der Waals surface area contributed by atoms with Crippen LogP contribution in [0.5, 0.6) is 5.75 Å². The lowest BCUT2D eigenvalue weighted by molar-refractivity contribution is -0.272. The summed E-state index contributed by atoms with van der Waals surface area (Å²) in [6.07, 6.45) is -6.70. The Bertz CT molecular complexity index is 1200. The fourth-order valence-corrected chi connectivity index (χ4v) is 4.24. The Morgan fingerprint density at radius 1 is 1.26 bits per heavy atom. The lowest BCUT2D eigenvalue weighted by Gasteiger charge is -2.32. The number of benzene rings is 1. The van der Waals surface area contributed by atoms with Gasteiger partial charge < -0.3 is 25.5 Å². The molecule has 0 unspecified atom stereocenters. The van der Waals surface area contributed by atoms with Crippen LogP contribution in [0.25, 0.3) is 0 Å². The van der Waals surface area contributed by atoms with E-state index in [4.69, 9.17) is 27.4 Å². The van der Waals surface area contributed by atoms with Gasteiger partial charge in [-0.2, -0.15) is 17.6 Å². The van der Waals surface area contributed by atoms with Crippen molar-refractivity contribution in [2.75, 3.05) is 12.4 Å². The molecular weight excluding hydrogens is 485 g/mol. The molecule has 1 aliphatic heterocycles. The summed E-state index contributed by atoms with van der Waals surface area (Å²) in [5, 5.41) is 2.36. The molecule has 2 amide bonds. The van der Waals surface area contributed by atoms with Crippen LogP contribution in [0.4, 0.5) is 27.6 Å². The summed E-state index contributed by atoms with van der Waals surface area (Å²) in [4.78, 5) is 27.1. The summed E-state index contributed by atoms with van der Waals surface area (Å²) >= 11 is 4.97. The van der Waals surface area contributed by atoms with Crippen LogP contribution in [0.3, 0.4) is 0 Å². The van der Waals surface area contributed by atoms with Gasteiger partial charge in [0.1, 0.15) is 16.4 Å². The quantitative estimate of drug-likeness (QED) is 0.417. The largest absolute Gasteiger partial charge is 0.493 e. The molecule has 0 radical (unpaired) electrons. The number of amides is 2. The van der Waals surface area contributed by atoms with Crippen LogP contribution >= 0.6 is 12.2 Å². The van der Waals surface area contributed by atoms with Crippen molar-refractivity contribution >= 4 is 29.7 Å². The van der Waals surface area contributed by atoms with E-state index < -0.39 is 58.9 Å². The second kappa shape index (κ2) is 8.95. The molecule has 2 heterocycles. The minimum absolute atomic E-state index is 0.0197. The maximum atomic E-state index is 14.4. The van der Waals surface area contributed by atoms with E-state index in [-0.39, 0.29) is 21.6 Å². The summed E-state index contributed by atoms with van der Waals surface area (Å²) < 4.78 is 80.3. The molecule has 3 rings (SSSR count). The van der Waals surface area contributed by atoms with Crippen LogP contribution in [0.15, 0.2) is 24.3 Å². The molecule has 0 bridgehead atoms. The lowest BCUT2D eigenvalue weighted by atomic mass is 9.77. The number of ether oxygens (including phenoxy) is 2. The molecule has 1 aromatic heterocycles. The highest BCUT2D eigenvalue weighted by atomic mass is 32.1. The van der Waals surface area contributed by atoms with Gasteiger partial charge >= 0.3 is 6.18 Å². The molecule has 1 fully saturated rings. The van der Waals surface area contributed by atoms with Crippen molar-refractivity contribution in [3.8, 4) is 5.75 Å². The minimum Gasteiger partial charge on any atom is -0.493 e. The molecular formula is C21H20F5N3O4S. The van der Waals surface area contributed by atoms with Crippen LogP contribution in [0, 0.1) is 22.2 Å². The highest BCUT2D eigenvalue weighted by Crippen LogP contribution is 2.55. The average Bonchev–Trinajstić information content (AvgIpc) is 3.01. The van der Waals surface area contributed by atoms with Gasteiger partial charge in [-0.05, 0) is 25.1 Å². The summed E-state index contributed by atoms with van der Waals surface area (Å²) in [5.41, 5.74) is 2.04. The summed E-state index contributed by atoms with van der Waals surface area (Å²) in [7, 11) is 1.02. The van der Waals surface area contributed by atoms with E-state index in [1.54, 1.807) is 0 Å². The maximum Gasteiger partial charge on any atom is 0.417 e. The topological polar surface area (TPSA) is 106 Å². The van der Waals surface area contributed by atoms with Crippen LogP contribution in [0.1, 0.15) is 35.8 Å². The third kappa shape index (κ3) is 4.37. The van der Waals surface area contributed by atoms with Crippen molar-refractivity contribution in [2.45, 2.75) is 37.6 Å². The van der Waals surface area contributed by atoms with Gasteiger partial charge in [0.25, 0.3) is 11.8 Å². The number of anilines is 1. The number of halogens is 5. The van der Waals surface area contributed by atoms with Gasteiger partial charge in [-0.3, -0.25) is 9.59 Å². The van der Waals surface area contributed by atoms with E-state index >= 15 is 0 Å². The number of rotatable bonds is 5. The minimum atomic E-state index is -4.90. The smallest absolute Gasteiger partial charge is 0.417 e. The zero-order valence-corrected chi connectivity index (χ0v) is 18.9. The lowest BCUT2D eigenvalue weighted by Crippen LogP contribution is -2.47. The first-order valence-electron chi connectivity index (χ1n) is 9.82. The maximum absolute atomic E-state index is 14.4. The Balaban J connectivity index is 2.10. The molecule has 1 saturated heterocycles. The van der Waals surface area contributed by atoms with E-state index in [2.05, 4.69) is 10.3 Å².